The number of rotatable bonds is 15. The van der Waals surface area contributed by atoms with E-state index >= 15 is 0 Å². The van der Waals surface area contributed by atoms with Crippen molar-refractivity contribution >= 4 is 6.08 Å². The summed E-state index contributed by atoms with van der Waals surface area (Å²) < 4.78 is 52.6. The summed E-state index contributed by atoms with van der Waals surface area (Å²) in [6.45, 7) is 2.05. The van der Waals surface area contributed by atoms with Crippen LogP contribution in [0, 0.1) is 0 Å². The van der Waals surface area contributed by atoms with E-state index in [9.17, 15) is 0 Å². The zero-order chi connectivity index (χ0) is 30.0. The summed E-state index contributed by atoms with van der Waals surface area (Å²) >= 11 is 0. The predicted octanol–water partition coefficient (Wildman–Crippen LogP) is 6.38. The van der Waals surface area contributed by atoms with Crippen LogP contribution in [0.5, 0.6) is 34.5 Å². The molecule has 0 aromatic heterocycles. The van der Waals surface area contributed by atoms with Gasteiger partial charge in [-0.3, -0.25) is 0 Å². The Morgan fingerprint density at radius 3 is 2.05 bits per heavy atom. The van der Waals surface area contributed by atoms with Crippen LogP contribution >= 0.6 is 0 Å². The van der Waals surface area contributed by atoms with Crippen LogP contribution in [0.2, 0.25) is 0 Å². The second-order valence-corrected chi connectivity index (χ2v) is 10.2. The molecule has 3 aromatic rings. The van der Waals surface area contributed by atoms with E-state index in [1.807, 2.05) is 66.7 Å². The lowest BCUT2D eigenvalue weighted by Gasteiger charge is -2.26. The molecule has 230 valence electrons. The third-order valence-electron chi connectivity index (χ3n) is 7.29. The second kappa shape index (κ2) is 15.0. The number of methoxy groups -OCH3 is 4. The van der Waals surface area contributed by atoms with E-state index in [0.717, 1.165) is 36.0 Å². The molecule has 9 heteroatoms. The van der Waals surface area contributed by atoms with E-state index in [1.54, 1.807) is 28.4 Å². The van der Waals surface area contributed by atoms with Crippen LogP contribution in [0.4, 0.5) is 0 Å². The fourth-order valence-electron chi connectivity index (χ4n) is 4.98. The lowest BCUT2D eigenvalue weighted by Crippen LogP contribution is -2.25. The Kier molecular flexibility index (Phi) is 10.7. The Morgan fingerprint density at radius 1 is 0.814 bits per heavy atom. The Bertz CT molecular complexity index is 1300. The van der Waals surface area contributed by atoms with Gasteiger partial charge in [-0.25, -0.2) is 0 Å². The Balaban J connectivity index is 1.27. The van der Waals surface area contributed by atoms with Crippen molar-refractivity contribution in [2.24, 2.45) is 0 Å². The third kappa shape index (κ3) is 7.93. The molecular formula is C34H40O9. The van der Waals surface area contributed by atoms with Gasteiger partial charge in [0.15, 0.2) is 29.3 Å². The predicted molar refractivity (Wildman–Crippen MR) is 162 cm³/mol. The average molecular weight is 593 g/mol. The van der Waals surface area contributed by atoms with Crippen LogP contribution in [0.3, 0.4) is 0 Å². The summed E-state index contributed by atoms with van der Waals surface area (Å²) in [7, 11) is 6.45. The van der Waals surface area contributed by atoms with Crippen molar-refractivity contribution < 1.29 is 42.6 Å². The molecule has 0 spiro atoms. The van der Waals surface area contributed by atoms with Crippen molar-refractivity contribution in [2.45, 2.75) is 44.4 Å². The first kappa shape index (κ1) is 30.5. The van der Waals surface area contributed by atoms with Gasteiger partial charge >= 0.3 is 0 Å². The average Bonchev–Trinajstić information content (AvgIpc) is 3.90. The van der Waals surface area contributed by atoms with Gasteiger partial charge in [0.2, 0.25) is 11.5 Å². The topological polar surface area (TPSA) is 86.4 Å². The van der Waals surface area contributed by atoms with E-state index < -0.39 is 0 Å². The van der Waals surface area contributed by atoms with E-state index in [4.69, 9.17) is 42.6 Å². The van der Waals surface area contributed by atoms with Gasteiger partial charge in [0.05, 0.1) is 48.3 Å². The standard InChI is InChI=1S/C34H40O9/c1-35-26-17-24(18-27(36-2)33(26)42-21-23-11-6-5-7-12-23)13-10-16-40-32(30-22-41-30)25-19-28(37-3)34(29(20-25)38-4)43-31-14-8-9-15-39-31/h5-7,10-13,17-20,30-32H,8-9,14-16,21-22H2,1-4H3/t30?,31?,32-/m1/s1. The number of ether oxygens (including phenoxy) is 9. The van der Waals surface area contributed by atoms with E-state index in [0.29, 0.717) is 60.9 Å². The molecule has 0 saturated carbocycles. The van der Waals surface area contributed by atoms with Gasteiger partial charge in [-0.1, -0.05) is 42.5 Å². The van der Waals surface area contributed by atoms with Crippen molar-refractivity contribution in [3.05, 3.63) is 77.4 Å². The highest BCUT2D eigenvalue weighted by Crippen LogP contribution is 2.44. The first-order chi connectivity index (χ1) is 21.1. The lowest BCUT2D eigenvalue weighted by atomic mass is 10.0. The molecule has 0 amide bonds. The van der Waals surface area contributed by atoms with E-state index in [-0.39, 0.29) is 18.5 Å². The van der Waals surface area contributed by atoms with E-state index in [1.165, 1.54) is 0 Å². The molecule has 2 unspecified atom stereocenters. The Morgan fingerprint density at radius 2 is 1.47 bits per heavy atom. The van der Waals surface area contributed by atoms with Crippen LogP contribution < -0.4 is 28.4 Å². The summed E-state index contributed by atoms with van der Waals surface area (Å²) in [5.41, 5.74) is 2.82. The zero-order valence-electron chi connectivity index (χ0n) is 25.2. The van der Waals surface area contributed by atoms with Gasteiger partial charge in [0, 0.05) is 6.42 Å². The maximum Gasteiger partial charge on any atom is 0.206 e. The highest BCUT2D eigenvalue weighted by molar-refractivity contribution is 5.62. The molecule has 2 aliphatic rings. The summed E-state index contributed by atoms with van der Waals surface area (Å²) in [5.74, 6) is 3.36. The number of epoxide rings is 1. The van der Waals surface area contributed by atoms with Crippen molar-refractivity contribution in [3.8, 4) is 34.5 Å². The van der Waals surface area contributed by atoms with Gasteiger partial charge in [0.25, 0.3) is 0 Å². The minimum atomic E-state index is -0.326. The fourth-order valence-corrected chi connectivity index (χ4v) is 4.98. The molecule has 0 N–H and O–H groups in total. The molecule has 2 aliphatic heterocycles. The van der Waals surface area contributed by atoms with Gasteiger partial charge in [-0.2, -0.15) is 0 Å². The molecule has 2 saturated heterocycles. The fraction of sp³-hybridized carbons (Fsp3) is 0.412. The molecule has 2 fully saturated rings. The van der Waals surface area contributed by atoms with Crippen LogP contribution in [-0.4, -0.2) is 60.7 Å². The smallest absolute Gasteiger partial charge is 0.206 e. The SMILES string of the molecule is COc1cc(C=CCO[C@H](c2cc(OC)c(OC3CCCCO3)c(OC)c2)C2CO2)cc(OC)c1OCc1ccccc1. The maximum atomic E-state index is 6.31. The number of hydrogen-bond donors (Lipinski definition) is 0. The molecule has 5 rings (SSSR count). The maximum absolute atomic E-state index is 6.31. The highest BCUT2D eigenvalue weighted by Gasteiger charge is 2.36. The molecule has 3 aromatic carbocycles. The lowest BCUT2D eigenvalue weighted by molar-refractivity contribution is -0.107. The molecule has 0 radical (unpaired) electrons. The monoisotopic (exact) mass is 592 g/mol. The second-order valence-electron chi connectivity index (χ2n) is 10.2. The summed E-state index contributed by atoms with van der Waals surface area (Å²) in [5, 5.41) is 0. The molecule has 3 atom stereocenters. The van der Waals surface area contributed by atoms with Crippen molar-refractivity contribution in [3.63, 3.8) is 0 Å². The van der Waals surface area contributed by atoms with Crippen molar-refractivity contribution in [1.29, 1.82) is 0 Å². The van der Waals surface area contributed by atoms with Crippen LogP contribution in [0.15, 0.2) is 60.7 Å². The van der Waals surface area contributed by atoms with Gasteiger partial charge in [0.1, 0.15) is 18.8 Å². The van der Waals surface area contributed by atoms with Crippen LogP contribution in [-0.2, 0) is 20.8 Å². The van der Waals surface area contributed by atoms with Crippen LogP contribution in [0.1, 0.15) is 42.1 Å². The Hall–Kier alpha value is -3.92. The minimum Gasteiger partial charge on any atom is -0.493 e. The van der Waals surface area contributed by atoms with Gasteiger partial charge in [-0.15, -0.1) is 0 Å². The zero-order valence-corrected chi connectivity index (χ0v) is 25.2. The molecule has 2 heterocycles. The van der Waals surface area contributed by atoms with E-state index in [2.05, 4.69) is 0 Å². The quantitative estimate of drug-likeness (QED) is 0.187. The minimum absolute atomic E-state index is 0.0579. The van der Waals surface area contributed by atoms with Crippen molar-refractivity contribution in [2.75, 3.05) is 48.3 Å². The first-order valence-electron chi connectivity index (χ1n) is 14.5. The molecule has 43 heavy (non-hydrogen) atoms. The summed E-state index contributed by atoms with van der Waals surface area (Å²) in [6.07, 6.45) is 6.12. The van der Waals surface area contributed by atoms with Gasteiger partial charge < -0.3 is 42.6 Å². The van der Waals surface area contributed by atoms with Gasteiger partial charge in [-0.05, 0) is 53.8 Å². The number of hydrogen-bond acceptors (Lipinski definition) is 9. The molecule has 0 bridgehead atoms. The third-order valence-corrected chi connectivity index (χ3v) is 7.29. The van der Waals surface area contributed by atoms with Crippen molar-refractivity contribution in [1.82, 2.24) is 0 Å². The van der Waals surface area contributed by atoms with Crippen LogP contribution in [0.25, 0.3) is 6.08 Å². The molecule has 9 nitrogen and oxygen atoms in total. The summed E-state index contributed by atoms with van der Waals surface area (Å²) in [6, 6.07) is 17.6. The molecular weight excluding hydrogens is 552 g/mol. The summed E-state index contributed by atoms with van der Waals surface area (Å²) in [4.78, 5) is 0. The largest absolute Gasteiger partial charge is 0.493 e. The number of benzene rings is 3. The normalized spacial score (nSPS) is 18.6. The Labute approximate surface area is 253 Å². The first-order valence-corrected chi connectivity index (χ1v) is 14.5. The molecule has 0 aliphatic carbocycles. The highest BCUT2D eigenvalue weighted by atomic mass is 16.7.